The molecule has 0 bridgehead atoms. The number of ether oxygens (including phenoxy) is 1. The number of rotatable bonds is 23. The van der Waals surface area contributed by atoms with Gasteiger partial charge in [0.2, 0.25) is 5.69 Å². The third kappa shape index (κ3) is 13.0. The molecule has 2 aliphatic rings. The monoisotopic (exact) mass is 928 g/mol. The Morgan fingerprint density at radius 1 is 0.770 bits per heavy atom. The van der Waals surface area contributed by atoms with Crippen LogP contribution in [0, 0.1) is 0 Å². The average Bonchev–Trinajstić information content (AvgIpc) is 3.51. The summed E-state index contributed by atoms with van der Waals surface area (Å²) in [7, 11) is -16.6. The fourth-order valence-electron chi connectivity index (χ4n) is 7.92. The molecule has 0 fully saturated rings. The molecule has 0 radical (unpaired) electrons. The van der Waals surface area contributed by atoms with E-state index in [0.29, 0.717) is 61.4 Å². The van der Waals surface area contributed by atoms with Crippen LogP contribution in [0.25, 0.3) is 0 Å². The van der Waals surface area contributed by atoms with Gasteiger partial charge < -0.3 is 19.3 Å². The number of unbranched alkanes of at least 4 members (excludes halogenated alkanes) is 2. The van der Waals surface area contributed by atoms with Gasteiger partial charge in [-0.2, -0.15) is 29.8 Å². The maximum Gasteiger partial charge on any atom is 0.303 e. The predicted molar refractivity (Wildman–Crippen MR) is 227 cm³/mol. The van der Waals surface area contributed by atoms with E-state index in [1.165, 1.54) is 24.3 Å². The standard InChI is InChI=1S/C40H52N2O15S4/c1-39(21-12-26-58(45,46)47)32-28-30(60(51,52)53)17-19-34(32)42(24-13-27-59(48,49)50)36(39)14-8-5-4-6-9-15-37-40(2,22-25-57-3)33-29-31(61(54,55)56)18-20-35(33)41(37)23-11-7-10-16-38(43)44/h4-6,8-9,14-15,17-20,28-29H,7,10-13,16,21-27H2,1-3H3,(H4-,43,44,45,46,47,48,49,50,51,52,53,54,55,56). The van der Waals surface area contributed by atoms with Crippen LogP contribution in [0.15, 0.2) is 94.4 Å². The van der Waals surface area contributed by atoms with E-state index < -0.39 is 73.7 Å². The minimum absolute atomic E-state index is 0.0320. The molecule has 17 nitrogen and oxygen atoms in total. The zero-order valence-corrected chi connectivity index (χ0v) is 37.3. The van der Waals surface area contributed by atoms with Crippen molar-refractivity contribution >= 4 is 63.5 Å². The summed E-state index contributed by atoms with van der Waals surface area (Å²) < 4.78 is 143. The number of carbonyl (C=O) groups is 1. The lowest BCUT2D eigenvalue weighted by atomic mass is 9.76. The van der Waals surface area contributed by atoms with Gasteiger partial charge in [-0.1, -0.05) is 36.8 Å². The third-order valence-corrected chi connectivity index (χ3v) is 14.2. The predicted octanol–water partition coefficient (Wildman–Crippen LogP) is 5.15. The maximum atomic E-state index is 12.2. The van der Waals surface area contributed by atoms with Crippen LogP contribution in [-0.4, -0.2) is 112 Å². The van der Waals surface area contributed by atoms with Crippen molar-refractivity contribution in [1.29, 1.82) is 0 Å². The lowest BCUT2D eigenvalue weighted by Crippen LogP contribution is -2.32. The number of fused-ring (bicyclic) bond motifs is 2. The van der Waals surface area contributed by atoms with E-state index in [1.807, 2.05) is 17.9 Å². The summed E-state index contributed by atoms with van der Waals surface area (Å²) in [5, 5.41) is 9.08. The van der Waals surface area contributed by atoms with Gasteiger partial charge in [-0.3, -0.25) is 18.5 Å². The SMILES string of the molecule is COCCC1(C)C(=CC=CC=CC=CC2=[N+](CCCS(=O)(=O)O)c3ccc(S(=O)(=O)[O-])cc3C2(C)CCCS(=O)(=O)O)N(CCCCCC(=O)O)c2ccc(S(=O)(=O)O)cc21. The second-order valence-corrected chi connectivity index (χ2v) is 21.2. The van der Waals surface area contributed by atoms with Gasteiger partial charge in [-0.25, -0.2) is 8.42 Å². The van der Waals surface area contributed by atoms with Gasteiger partial charge in [0.15, 0.2) is 5.71 Å². The summed E-state index contributed by atoms with van der Waals surface area (Å²) in [6, 6.07) is 8.16. The van der Waals surface area contributed by atoms with Crippen LogP contribution in [0.3, 0.4) is 0 Å². The van der Waals surface area contributed by atoms with Crippen LogP contribution < -0.4 is 4.90 Å². The molecule has 4 rings (SSSR count). The van der Waals surface area contributed by atoms with Crippen LogP contribution in [0.1, 0.15) is 76.3 Å². The van der Waals surface area contributed by atoms with Crippen LogP contribution in [0.2, 0.25) is 0 Å². The second-order valence-electron chi connectivity index (χ2n) is 15.3. The minimum atomic E-state index is -4.91. The highest BCUT2D eigenvalue weighted by atomic mass is 32.2. The molecule has 2 unspecified atom stereocenters. The van der Waals surface area contributed by atoms with Crippen molar-refractivity contribution in [3.8, 4) is 0 Å². The van der Waals surface area contributed by atoms with E-state index in [1.54, 1.807) is 61.1 Å². The normalized spacial score (nSPS) is 20.5. The Hall–Kier alpha value is -4.06. The molecule has 2 aromatic carbocycles. The Kier molecular flexibility index (Phi) is 16.2. The summed E-state index contributed by atoms with van der Waals surface area (Å²) >= 11 is 0. The van der Waals surface area contributed by atoms with Gasteiger partial charge in [0.05, 0.1) is 26.7 Å². The molecule has 0 saturated heterocycles. The highest BCUT2D eigenvalue weighted by molar-refractivity contribution is 7.86. The topological polar surface area (TPSA) is 273 Å². The van der Waals surface area contributed by atoms with Gasteiger partial charge in [-0.15, -0.1) is 0 Å². The molecule has 2 aliphatic heterocycles. The Morgan fingerprint density at radius 2 is 1.39 bits per heavy atom. The molecular weight excluding hydrogens is 877 g/mol. The van der Waals surface area contributed by atoms with Crippen molar-refractivity contribution in [3.05, 3.63) is 95.8 Å². The Morgan fingerprint density at radius 3 is 2.02 bits per heavy atom. The number of nitrogens with zero attached hydrogens (tertiary/aromatic N) is 2. The van der Waals surface area contributed by atoms with Crippen LogP contribution in [0.4, 0.5) is 11.4 Å². The molecule has 0 amide bonds. The number of hydrogen-bond acceptors (Lipinski definition) is 12. The molecule has 2 aromatic rings. The van der Waals surface area contributed by atoms with Crippen molar-refractivity contribution in [2.75, 3.05) is 43.2 Å². The number of methoxy groups -OCH3 is 1. The van der Waals surface area contributed by atoms with Crippen molar-refractivity contribution in [3.63, 3.8) is 0 Å². The van der Waals surface area contributed by atoms with E-state index in [0.717, 1.165) is 17.5 Å². The smallest absolute Gasteiger partial charge is 0.303 e. The van der Waals surface area contributed by atoms with Crippen molar-refractivity contribution in [1.82, 2.24) is 0 Å². The first kappa shape index (κ1) is 49.6. The molecule has 336 valence electrons. The van der Waals surface area contributed by atoms with E-state index in [-0.39, 0.29) is 37.1 Å². The zero-order chi connectivity index (χ0) is 45.4. The van der Waals surface area contributed by atoms with Crippen molar-refractivity contribution in [2.45, 2.75) is 85.8 Å². The van der Waals surface area contributed by atoms with Gasteiger partial charge in [0.25, 0.3) is 30.4 Å². The molecule has 0 spiro atoms. The summed E-state index contributed by atoms with van der Waals surface area (Å²) in [6.07, 6.45) is 14.3. The largest absolute Gasteiger partial charge is 0.744 e. The number of carboxylic acids is 1. The second kappa shape index (κ2) is 20.0. The van der Waals surface area contributed by atoms with Gasteiger partial charge >= 0.3 is 5.97 Å². The van der Waals surface area contributed by atoms with Crippen molar-refractivity contribution in [2.24, 2.45) is 0 Å². The molecule has 0 aliphatic carbocycles. The summed E-state index contributed by atoms with van der Waals surface area (Å²) in [5.41, 5.74) is 1.63. The number of carboxylic acid groups (broad SMARTS) is 1. The van der Waals surface area contributed by atoms with E-state index in [4.69, 9.17) is 9.84 Å². The molecule has 21 heteroatoms. The van der Waals surface area contributed by atoms with E-state index in [2.05, 4.69) is 0 Å². The van der Waals surface area contributed by atoms with E-state index >= 15 is 0 Å². The lowest BCUT2D eigenvalue weighted by Gasteiger charge is -2.30. The quantitative estimate of drug-likeness (QED) is 0.0485. The molecule has 2 heterocycles. The Labute approximate surface area is 357 Å². The third-order valence-electron chi connectivity index (χ3n) is 10.9. The number of aliphatic carboxylic acids is 1. The van der Waals surface area contributed by atoms with Gasteiger partial charge in [0, 0.05) is 67.6 Å². The van der Waals surface area contributed by atoms with Crippen molar-refractivity contribution < 1.29 is 71.1 Å². The number of anilines is 1. The first-order valence-electron chi connectivity index (χ1n) is 19.3. The van der Waals surface area contributed by atoms with Gasteiger partial charge in [0.1, 0.15) is 16.7 Å². The van der Waals surface area contributed by atoms with Crippen LogP contribution in [-0.2, 0) is 60.8 Å². The number of hydrogen-bond donors (Lipinski definition) is 4. The summed E-state index contributed by atoms with van der Waals surface area (Å²) in [6.45, 7) is 4.51. The highest BCUT2D eigenvalue weighted by Crippen LogP contribution is 2.51. The van der Waals surface area contributed by atoms with E-state index in [9.17, 15) is 56.7 Å². The first-order valence-corrected chi connectivity index (χ1v) is 25.4. The minimum Gasteiger partial charge on any atom is -0.744 e. The number of allylic oxidation sites excluding steroid dienone is 8. The average molecular weight is 929 g/mol. The van der Waals surface area contributed by atoms with Crippen LogP contribution >= 0.6 is 0 Å². The molecule has 4 N–H and O–H groups in total. The maximum absolute atomic E-state index is 12.2. The Bertz CT molecular complexity index is 2580. The molecule has 0 saturated carbocycles. The number of benzene rings is 2. The molecule has 0 aromatic heterocycles. The highest BCUT2D eigenvalue weighted by Gasteiger charge is 2.48. The van der Waals surface area contributed by atoms with Gasteiger partial charge in [-0.05, 0) is 87.9 Å². The molecular formula is C40H52N2O15S4. The fraction of sp³-hybridized carbons (Fsp3) is 0.450. The first-order chi connectivity index (χ1) is 28.3. The van der Waals surface area contributed by atoms with Crippen LogP contribution in [0.5, 0.6) is 0 Å². The zero-order valence-electron chi connectivity index (χ0n) is 34.0. The summed E-state index contributed by atoms with van der Waals surface area (Å²) in [4.78, 5) is 12.3. The lowest BCUT2D eigenvalue weighted by molar-refractivity contribution is -0.437. The fourth-order valence-corrected chi connectivity index (χ4v) is 9.92. The summed E-state index contributed by atoms with van der Waals surface area (Å²) in [5.74, 6) is -2.07. The molecule has 61 heavy (non-hydrogen) atoms. The Balaban J connectivity index is 1.73. The molecule has 2 atom stereocenters.